The first-order valence-corrected chi connectivity index (χ1v) is 9.09. The minimum atomic E-state index is 0.535. The third-order valence-electron chi connectivity index (χ3n) is 5.09. The van der Waals surface area contributed by atoms with Crippen LogP contribution in [0.15, 0.2) is 24.3 Å². The highest BCUT2D eigenvalue weighted by atomic mass is 14.9. The molecule has 1 fully saturated rings. The largest absolute Gasteiger partial charge is 0.313 e. The highest BCUT2D eigenvalue weighted by Crippen LogP contribution is 2.31. The zero-order valence-corrected chi connectivity index (χ0v) is 14.0. The second kappa shape index (κ2) is 9.25. The standard InChI is InChI=1S/C20H33N/c1-3-4-9-17-12-14-19(15-13-17)20(21-2)16-18-10-7-5-6-8-11-18/h12-15,18,20-21H,3-11,16H2,1-2H3. The van der Waals surface area contributed by atoms with Crippen LogP contribution in [0, 0.1) is 5.92 Å². The van der Waals surface area contributed by atoms with Crippen LogP contribution in [-0.4, -0.2) is 7.05 Å². The Bertz CT molecular complexity index is 373. The minimum Gasteiger partial charge on any atom is -0.313 e. The number of nitrogens with one attached hydrogen (secondary N) is 1. The normalized spacial score (nSPS) is 18.4. The van der Waals surface area contributed by atoms with Crippen molar-refractivity contribution in [1.82, 2.24) is 5.32 Å². The SMILES string of the molecule is CCCCc1ccc(C(CC2CCCCCC2)NC)cc1. The lowest BCUT2D eigenvalue weighted by Gasteiger charge is -2.23. The molecule has 1 N–H and O–H groups in total. The summed E-state index contributed by atoms with van der Waals surface area (Å²) in [6.45, 7) is 2.26. The Labute approximate surface area is 131 Å². The van der Waals surface area contributed by atoms with Gasteiger partial charge in [0.2, 0.25) is 0 Å². The molecule has 1 nitrogen and oxygen atoms in total. The quantitative estimate of drug-likeness (QED) is 0.639. The van der Waals surface area contributed by atoms with Crippen molar-refractivity contribution in [3.8, 4) is 0 Å². The van der Waals surface area contributed by atoms with Gasteiger partial charge in [-0.25, -0.2) is 0 Å². The highest BCUT2D eigenvalue weighted by Gasteiger charge is 2.18. The average molecular weight is 287 g/mol. The van der Waals surface area contributed by atoms with Crippen LogP contribution in [0.4, 0.5) is 0 Å². The van der Waals surface area contributed by atoms with Crippen LogP contribution in [0.2, 0.25) is 0 Å². The van der Waals surface area contributed by atoms with E-state index in [0.29, 0.717) is 6.04 Å². The van der Waals surface area contributed by atoms with E-state index < -0.39 is 0 Å². The van der Waals surface area contributed by atoms with Crippen LogP contribution in [0.3, 0.4) is 0 Å². The summed E-state index contributed by atoms with van der Waals surface area (Å²) in [5.41, 5.74) is 2.96. The summed E-state index contributed by atoms with van der Waals surface area (Å²) in [4.78, 5) is 0. The fourth-order valence-electron chi connectivity index (χ4n) is 3.65. The molecule has 1 saturated carbocycles. The zero-order valence-electron chi connectivity index (χ0n) is 14.0. The summed E-state index contributed by atoms with van der Waals surface area (Å²) in [6.07, 6.45) is 13.8. The van der Waals surface area contributed by atoms with Gasteiger partial charge in [0.05, 0.1) is 0 Å². The molecule has 0 saturated heterocycles. The molecule has 1 aliphatic carbocycles. The van der Waals surface area contributed by atoms with E-state index in [9.17, 15) is 0 Å². The van der Waals surface area contributed by atoms with Gasteiger partial charge in [-0.15, -0.1) is 0 Å². The number of hydrogen-bond donors (Lipinski definition) is 1. The average Bonchev–Trinajstić information content (AvgIpc) is 2.80. The van der Waals surface area contributed by atoms with Crippen molar-refractivity contribution in [3.05, 3.63) is 35.4 Å². The molecule has 118 valence electrons. The lowest BCUT2D eigenvalue weighted by molar-refractivity contribution is 0.368. The lowest BCUT2D eigenvalue weighted by atomic mass is 9.89. The number of aryl methyl sites for hydroxylation is 1. The summed E-state index contributed by atoms with van der Waals surface area (Å²) < 4.78 is 0. The molecular weight excluding hydrogens is 254 g/mol. The fraction of sp³-hybridized carbons (Fsp3) is 0.700. The van der Waals surface area contributed by atoms with Crippen molar-refractivity contribution in [2.75, 3.05) is 7.05 Å². The van der Waals surface area contributed by atoms with Gasteiger partial charge in [-0.3, -0.25) is 0 Å². The first-order valence-electron chi connectivity index (χ1n) is 9.09. The molecule has 0 heterocycles. The van der Waals surface area contributed by atoms with E-state index in [-0.39, 0.29) is 0 Å². The monoisotopic (exact) mass is 287 g/mol. The summed E-state index contributed by atoms with van der Waals surface area (Å²) in [5.74, 6) is 0.921. The number of rotatable bonds is 7. The summed E-state index contributed by atoms with van der Waals surface area (Å²) in [5, 5.41) is 3.55. The molecule has 1 heteroatoms. The molecule has 21 heavy (non-hydrogen) atoms. The zero-order chi connectivity index (χ0) is 14.9. The molecule has 0 spiro atoms. The molecule has 0 bridgehead atoms. The predicted octanol–water partition coefficient (Wildman–Crippen LogP) is 5.65. The molecule has 0 amide bonds. The Morgan fingerprint density at radius 3 is 2.29 bits per heavy atom. The van der Waals surface area contributed by atoms with Gasteiger partial charge in [0.25, 0.3) is 0 Å². The van der Waals surface area contributed by atoms with Crippen molar-refractivity contribution in [1.29, 1.82) is 0 Å². The third-order valence-corrected chi connectivity index (χ3v) is 5.09. The molecule has 0 aromatic heterocycles. The van der Waals surface area contributed by atoms with Gasteiger partial charge in [-0.1, -0.05) is 76.1 Å². The number of benzene rings is 1. The van der Waals surface area contributed by atoms with E-state index in [1.165, 1.54) is 75.3 Å². The maximum atomic E-state index is 3.55. The van der Waals surface area contributed by atoms with Gasteiger partial charge in [0, 0.05) is 6.04 Å². The molecule has 0 radical (unpaired) electrons. The Kier molecular flexibility index (Phi) is 7.29. The summed E-state index contributed by atoms with van der Waals surface area (Å²) in [7, 11) is 2.12. The van der Waals surface area contributed by atoms with Gasteiger partial charge in [0.15, 0.2) is 0 Å². The topological polar surface area (TPSA) is 12.0 Å². The van der Waals surface area contributed by atoms with E-state index in [4.69, 9.17) is 0 Å². The van der Waals surface area contributed by atoms with Gasteiger partial charge in [-0.2, -0.15) is 0 Å². The van der Waals surface area contributed by atoms with Crippen molar-refractivity contribution >= 4 is 0 Å². The summed E-state index contributed by atoms with van der Waals surface area (Å²) in [6, 6.07) is 9.91. The smallest absolute Gasteiger partial charge is 0.0320 e. The minimum absolute atomic E-state index is 0.535. The third kappa shape index (κ3) is 5.47. The van der Waals surface area contributed by atoms with E-state index >= 15 is 0 Å². The Morgan fingerprint density at radius 1 is 1.05 bits per heavy atom. The molecule has 1 unspecified atom stereocenters. The predicted molar refractivity (Wildman–Crippen MR) is 92.7 cm³/mol. The number of hydrogen-bond acceptors (Lipinski definition) is 1. The lowest BCUT2D eigenvalue weighted by Crippen LogP contribution is -2.20. The first-order chi connectivity index (χ1) is 10.3. The Balaban J connectivity index is 1.92. The molecule has 1 aromatic rings. The molecule has 1 aromatic carbocycles. The maximum absolute atomic E-state index is 3.55. The molecule has 1 atom stereocenters. The van der Waals surface area contributed by atoms with E-state index in [1.54, 1.807) is 0 Å². The number of unbranched alkanes of at least 4 members (excludes halogenated alkanes) is 1. The van der Waals surface area contributed by atoms with Crippen LogP contribution in [0.1, 0.15) is 81.9 Å². The molecule has 2 rings (SSSR count). The first kappa shape index (κ1) is 16.5. The van der Waals surface area contributed by atoms with Crippen LogP contribution in [0.5, 0.6) is 0 Å². The summed E-state index contributed by atoms with van der Waals surface area (Å²) >= 11 is 0. The van der Waals surface area contributed by atoms with Gasteiger partial charge >= 0.3 is 0 Å². The van der Waals surface area contributed by atoms with Gasteiger partial charge < -0.3 is 5.32 Å². The Morgan fingerprint density at radius 2 is 1.71 bits per heavy atom. The maximum Gasteiger partial charge on any atom is 0.0320 e. The van der Waals surface area contributed by atoms with Crippen molar-refractivity contribution < 1.29 is 0 Å². The van der Waals surface area contributed by atoms with E-state index in [2.05, 4.69) is 43.6 Å². The van der Waals surface area contributed by atoms with Crippen LogP contribution >= 0.6 is 0 Å². The molecular formula is C20H33N. The second-order valence-electron chi connectivity index (χ2n) is 6.78. The Hall–Kier alpha value is -0.820. The highest BCUT2D eigenvalue weighted by molar-refractivity contribution is 5.25. The van der Waals surface area contributed by atoms with Crippen molar-refractivity contribution in [2.45, 2.75) is 77.2 Å². The van der Waals surface area contributed by atoms with Crippen LogP contribution < -0.4 is 5.32 Å². The van der Waals surface area contributed by atoms with Gasteiger partial charge in [0.1, 0.15) is 0 Å². The van der Waals surface area contributed by atoms with Crippen molar-refractivity contribution in [2.24, 2.45) is 5.92 Å². The van der Waals surface area contributed by atoms with Crippen molar-refractivity contribution in [3.63, 3.8) is 0 Å². The second-order valence-corrected chi connectivity index (χ2v) is 6.78. The van der Waals surface area contributed by atoms with Crippen LogP contribution in [0.25, 0.3) is 0 Å². The molecule has 0 aliphatic heterocycles. The van der Waals surface area contributed by atoms with E-state index in [0.717, 1.165) is 5.92 Å². The van der Waals surface area contributed by atoms with E-state index in [1.807, 2.05) is 0 Å². The van der Waals surface area contributed by atoms with Gasteiger partial charge in [-0.05, 0) is 43.4 Å². The fourth-order valence-corrected chi connectivity index (χ4v) is 3.65. The molecule has 1 aliphatic rings. The van der Waals surface area contributed by atoms with Crippen LogP contribution in [-0.2, 0) is 6.42 Å².